The molecular weight excluding hydrogens is 188 g/mol. The highest BCUT2D eigenvalue weighted by molar-refractivity contribution is 5.78. The number of guanidine groups is 1. The Balaban J connectivity index is 2.54. The Bertz CT molecular complexity index is 225. The zero-order valence-corrected chi connectivity index (χ0v) is 10.4. The zero-order chi connectivity index (χ0) is 11.4. The van der Waals surface area contributed by atoms with Crippen LogP contribution in [0.3, 0.4) is 0 Å². The summed E-state index contributed by atoms with van der Waals surface area (Å²) in [7, 11) is 4.26. The lowest BCUT2D eigenvalue weighted by Gasteiger charge is -2.22. The van der Waals surface area contributed by atoms with E-state index < -0.39 is 0 Å². The van der Waals surface area contributed by atoms with Gasteiger partial charge in [-0.15, -0.1) is 0 Å². The highest BCUT2D eigenvalue weighted by atomic mass is 15.3. The Hall–Kier alpha value is -0.770. The van der Waals surface area contributed by atoms with Crippen LogP contribution in [0.2, 0.25) is 0 Å². The molecule has 0 spiro atoms. The average Bonchev–Trinajstić information content (AvgIpc) is 2.56. The summed E-state index contributed by atoms with van der Waals surface area (Å²) in [5.74, 6) is 1.38. The van der Waals surface area contributed by atoms with E-state index in [1.807, 2.05) is 0 Å². The number of nitrogens with zero attached hydrogens (tertiary/aromatic N) is 3. The first kappa shape index (κ1) is 12.3. The molecule has 0 saturated carbocycles. The summed E-state index contributed by atoms with van der Waals surface area (Å²) in [6.45, 7) is 7.27. The molecule has 0 aromatic heterocycles. The van der Waals surface area contributed by atoms with Crippen molar-refractivity contribution in [3.63, 3.8) is 0 Å². The van der Waals surface area contributed by atoms with E-state index in [1.54, 1.807) is 0 Å². The summed E-state index contributed by atoms with van der Waals surface area (Å²) in [5, 5.41) is 0. The van der Waals surface area contributed by atoms with Crippen LogP contribution in [0, 0.1) is 5.92 Å². The molecule has 1 heterocycles. The van der Waals surface area contributed by atoms with Gasteiger partial charge in [0, 0.05) is 25.7 Å². The van der Waals surface area contributed by atoms with Crippen molar-refractivity contribution in [2.24, 2.45) is 16.6 Å². The lowest BCUT2D eigenvalue weighted by Crippen LogP contribution is -2.39. The van der Waals surface area contributed by atoms with Crippen LogP contribution in [0.1, 0.15) is 20.3 Å². The first-order valence-electron chi connectivity index (χ1n) is 5.77. The topological polar surface area (TPSA) is 44.9 Å². The van der Waals surface area contributed by atoms with Crippen LogP contribution in [0.15, 0.2) is 4.99 Å². The molecular formula is C11H24N4. The van der Waals surface area contributed by atoms with Gasteiger partial charge < -0.3 is 15.5 Å². The first-order valence-corrected chi connectivity index (χ1v) is 5.77. The highest BCUT2D eigenvalue weighted by Crippen LogP contribution is 2.19. The molecule has 2 N–H and O–H groups in total. The molecule has 0 radical (unpaired) electrons. The maximum Gasteiger partial charge on any atom is 0.191 e. The Morgan fingerprint density at radius 2 is 2.13 bits per heavy atom. The average molecular weight is 212 g/mol. The van der Waals surface area contributed by atoms with E-state index in [4.69, 9.17) is 5.73 Å². The van der Waals surface area contributed by atoms with E-state index in [2.05, 4.69) is 42.7 Å². The van der Waals surface area contributed by atoms with Gasteiger partial charge in [0.25, 0.3) is 0 Å². The first-order chi connectivity index (χ1) is 7.06. The molecule has 2 unspecified atom stereocenters. The lowest BCUT2D eigenvalue weighted by molar-refractivity contribution is 0.262. The SMILES string of the molecule is CCCN=C(N)N1CC(C)C(N(C)C)C1. The molecule has 0 aromatic carbocycles. The fourth-order valence-electron chi connectivity index (χ4n) is 2.14. The number of aliphatic imine (C=N–C) groups is 1. The molecule has 0 amide bonds. The largest absolute Gasteiger partial charge is 0.370 e. The van der Waals surface area contributed by atoms with Gasteiger partial charge in [-0.1, -0.05) is 13.8 Å². The van der Waals surface area contributed by atoms with Gasteiger partial charge in [0.05, 0.1) is 0 Å². The Labute approximate surface area is 93.1 Å². The minimum Gasteiger partial charge on any atom is -0.370 e. The lowest BCUT2D eigenvalue weighted by atomic mass is 10.1. The van der Waals surface area contributed by atoms with Crippen LogP contribution in [0.25, 0.3) is 0 Å². The molecule has 4 nitrogen and oxygen atoms in total. The summed E-state index contributed by atoms with van der Waals surface area (Å²) in [6.07, 6.45) is 1.06. The van der Waals surface area contributed by atoms with Gasteiger partial charge in [-0.25, -0.2) is 0 Å². The summed E-state index contributed by atoms with van der Waals surface area (Å²) in [5.41, 5.74) is 5.95. The van der Waals surface area contributed by atoms with Crippen molar-refractivity contribution >= 4 is 5.96 Å². The van der Waals surface area contributed by atoms with E-state index in [1.165, 1.54) is 0 Å². The summed E-state index contributed by atoms with van der Waals surface area (Å²) in [6, 6.07) is 0.598. The molecule has 2 atom stereocenters. The highest BCUT2D eigenvalue weighted by Gasteiger charge is 2.31. The molecule has 1 aliphatic rings. The molecule has 4 heteroatoms. The molecule has 1 rings (SSSR count). The van der Waals surface area contributed by atoms with Crippen molar-refractivity contribution in [1.82, 2.24) is 9.80 Å². The minimum absolute atomic E-state index is 0.598. The van der Waals surface area contributed by atoms with Crippen molar-refractivity contribution < 1.29 is 0 Å². The predicted molar refractivity (Wildman–Crippen MR) is 65.0 cm³/mol. The Kier molecular flexibility index (Phi) is 4.39. The van der Waals surface area contributed by atoms with E-state index >= 15 is 0 Å². The van der Waals surface area contributed by atoms with Crippen LogP contribution in [0.4, 0.5) is 0 Å². The zero-order valence-electron chi connectivity index (χ0n) is 10.4. The predicted octanol–water partition coefficient (Wildman–Crippen LogP) is 0.593. The van der Waals surface area contributed by atoms with Gasteiger partial charge in [0.15, 0.2) is 5.96 Å². The van der Waals surface area contributed by atoms with Gasteiger partial charge in [0.1, 0.15) is 0 Å². The third-order valence-corrected chi connectivity index (χ3v) is 3.06. The molecule has 15 heavy (non-hydrogen) atoms. The van der Waals surface area contributed by atoms with Crippen LogP contribution in [0.5, 0.6) is 0 Å². The van der Waals surface area contributed by atoms with Gasteiger partial charge in [-0.3, -0.25) is 4.99 Å². The van der Waals surface area contributed by atoms with Crippen LogP contribution in [-0.4, -0.2) is 55.5 Å². The Morgan fingerprint density at radius 3 is 2.60 bits per heavy atom. The van der Waals surface area contributed by atoms with Gasteiger partial charge in [-0.2, -0.15) is 0 Å². The molecule has 1 saturated heterocycles. The summed E-state index contributed by atoms with van der Waals surface area (Å²) < 4.78 is 0. The number of likely N-dealkylation sites (tertiary alicyclic amines) is 1. The summed E-state index contributed by atoms with van der Waals surface area (Å²) >= 11 is 0. The number of likely N-dealkylation sites (N-methyl/N-ethyl adjacent to an activating group) is 1. The Morgan fingerprint density at radius 1 is 1.47 bits per heavy atom. The normalized spacial score (nSPS) is 27.8. The molecule has 0 aromatic rings. The molecule has 1 aliphatic heterocycles. The maximum absolute atomic E-state index is 5.95. The number of hydrogen-bond donors (Lipinski definition) is 1. The summed E-state index contributed by atoms with van der Waals surface area (Å²) in [4.78, 5) is 8.83. The molecule has 88 valence electrons. The van der Waals surface area contributed by atoms with Gasteiger partial charge in [0.2, 0.25) is 0 Å². The van der Waals surface area contributed by atoms with Crippen LogP contribution >= 0.6 is 0 Å². The molecule has 0 aliphatic carbocycles. The smallest absolute Gasteiger partial charge is 0.191 e. The fraction of sp³-hybridized carbons (Fsp3) is 0.909. The van der Waals surface area contributed by atoms with Crippen molar-refractivity contribution in [3.05, 3.63) is 0 Å². The van der Waals surface area contributed by atoms with E-state index in [0.29, 0.717) is 17.9 Å². The van der Waals surface area contributed by atoms with Gasteiger partial charge >= 0.3 is 0 Å². The fourth-order valence-corrected chi connectivity index (χ4v) is 2.14. The quantitative estimate of drug-likeness (QED) is 0.550. The second-order valence-corrected chi connectivity index (χ2v) is 4.65. The number of hydrogen-bond acceptors (Lipinski definition) is 2. The van der Waals surface area contributed by atoms with E-state index in [9.17, 15) is 0 Å². The standard InChI is InChI=1S/C11H24N4/c1-5-6-13-11(12)15-7-9(2)10(8-15)14(3)4/h9-10H,5-8H2,1-4H3,(H2,12,13). The minimum atomic E-state index is 0.598. The van der Waals surface area contributed by atoms with Crippen LogP contribution < -0.4 is 5.73 Å². The van der Waals surface area contributed by atoms with Crippen molar-refractivity contribution in [2.75, 3.05) is 33.7 Å². The van der Waals surface area contributed by atoms with Crippen molar-refractivity contribution in [3.8, 4) is 0 Å². The monoisotopic (exact) mass is 212 g/mol. The van der Waals surface area contributed by atoms with Crippen LogP contribution in [-0.2, 0) is 0 Å². The van der Waals surface area contributed by atoms with E-state index in [0.717, 1.165) is 26.1 Å². The van der Waals surface area contributed by atoms with Gasteiger partial charge in [-0.05, 0) is 26.4 Å². The third kappa shape index (κ3) is 3.09. The van der Waals surface area contributed by atoms with E-state index in [-0.39, 0.29) is 0 Å². The van der Waals surface area contributed by atoms with Crippen molar-refractivity contribution in [1.29, 1.82) is 0 Å². The third-order valence-electron chi connectivity index (χ3n) is 3.06. The number of nitrogens with two attached hydrogens (primary N) is 1. The molecule has 0 bridgehead atoms. The maximum atomic E-state index is 5.95. The second kappa shape index (κ2) is 5.35. The second-order valence-electron chi connectivity index (χ2n) is 4.65. The number of rotatable bonds is 3. The van der Waals surface area contributed by atoms with Crippen molar-refractivity contribution in [2.45, 2.75) is 26.3 Å². The molecule has 1 fully saturated rings.